The fraction of sp³-hybridized carbons (Fsp3) is 0.462. The van der Waals surface area contributed by atoms with Gasteiger partial charge in [-0.2, -0.15) is 0 Å². The molecule has 0 atom stereocenters. The summed E-state index contributed by atoms with van der Waals surface area (Å²) in [6, 6.07) is 7.82. The normalized spacial score (nSPS) is 12.7. The van der Waals surface area contributed by atoms with Crippen molar-refractivity contribution in [1.29, 1.82) is 0 Å². The molecular weight excluding hydrogens is 268 g/mol. The van der Waals surface area contributed by atoms with E-state index in [4.69, 9.17) is 22.5 Å². The number of nitrogens with zero attached hydrogens (tertiary/aromatic N) is 1. The summed E-state index contributed by atoms with van der Waals surface area (Å²) < 4.78 is 0. The first-order chi connectivity index (χ1) is 8.45. The van der Waals surface area contributed by atoms with Crippen LogP contribution in [0.5, 0.6) is 0 Å². The third kappa shape index (κ3) is 4.78. The molecule has 5 heteroatoms. The van der Waals surface area contributed by atoms with E-state index >= 15 is 0 Å². The van der Waals surface area contributed by atoms with Crippen molar-refractivity contribution in [2.75, 3.05) is 5.75 Å². The molecule has 0 spiro atoms. The van der Waals surface area contributed by atoms with Crippen molar-refractivity contribution in [3.8, 4) is 0 Å². The molecule has 3 N–H and O–H groups in total. The van der Waals surface area contributed by atoms with Gasteiger partial charge in [0.15, 0.2) is 0 Å². The Morgan fingerprint density at radius 1 is 1.39 bits per heavy atom. The topological polar surface area (TPSA) is 58.6 Å². The molecule has 18 heavy (non-hydrogen) atoms. The second-order valence-corrected chi connectivity index (χ2v) is 6.38. The van der Waals surface area contributed by atoms with Crippen LogP contribution in [0.3, 0.4) is 0 Å². The molecular formula is C13H19ClN2OS. The molecule has 1 aromatic carbocycles. The minimum Gasteiger partial charge on any atom is -0.409 e. The first kappa shape index (κ1) is 15.2. The van der Waals surface area contributed by atoms with Crippen LogP contribution >= 0.6 is 23.4 Å². The van der Waals surface area contributed by atoms with Crippen molar-refractivity contribution in [1.82, 2.24) is 0 Å². The monoisotopic (exact) mass is 286 g/mol. The lowest BCUT2D eigenvalue weighted by atomic mass is 9.87. The van der Waals surface area contributed by atoms with Gasteiger partial charge in [-0.25, -0.2) is 0 Å². The van der Waals surface area contributed by atoms with Gasteiger partial charge in [0.2, 0.25) is 0 Å². The Kier molecular flexibility index (Phi) is 5.82. The van der Waals surface area contributed by atoms with E-state index in [1.807, 2.05) is 38.1 Å². The fourth-order valence-electron chi connectivity index (χ4n) is 1.50. The summed E-state index contributed by atoms with van der Waals surface area (Å²) in [5, 5.41) is 12.5. The summed E-state index contributed by atoms with van der Waals surface area (Å²) in [5.41, 5.74) is 5.38. The van der Waals surface area contributed by atoms with Gasteiger partial charge in [0.1, 0.15) is 5.84 Å². The van der Waals surface area contributed by atoms with Crippen LogP contribution in [0.15, 0.2) is 34.3 Å². The summed E-state index contributed by atoms with van der Waals surface area (Å²) in [5.74, 6) is 1.29. The highest BCUT2D eigenvalue weighted by Gasteiger charge is 2.22. The highest BCUT2D eigenvalue weighted by Crippen LogP contribution is 2.26. The van der Waals surface area contributed by atoms with Crippen molar-refractivity contribution in [3.05, 3.63) is 29.3 Å². The van der Waals surface area contributed by atoms with Crippen molar-refractivity contribution in [2.24, 2.45) is 16.3 Å². The third-order valence-corrected chi connectivity index (χ3v) is 4.18. The summed E-state index contributed by atoms with van der Waals surface area (Å²) >= 11 is 7.61. The summed E-state index contributed by atoms with van der Waals surface area (Å²) in [6.07, 6.45) is 1.90. The third-order valence-electron chi connectivity index (χ3n) is 2.83. The van der Waals surface area contributed by atoms with E-state index in [1.54, 1.807) is 11.8 Å². The van der Waals surface area contributed by atoms with Crippen LogP contribution < -0.4 is 5.73 Å². The van der Waals surface area contributed by atoms with E-state index < -0.39 is 0 Å². The van der Waals surface area contributed by atoms with Crippen LogP contribution in [0.2, 0.25) is 5.02 Å². The first-order valence-electron chi connectivity index (χ1n) is 5.82. The van der Waals surface area contributed by atoms with Gasteiger partial charge in [-0.15, -0.1) is 11.8 Å². The van der Waals surface area contributed by atoms with Crippen molar-refractivity contribution in [3.63, 3.8) is 0 Å². The van der Waals surface area contributed by atoms with Crippen LogP contribution in [0.25, 0.3) is 0 Å². The lowest BCUT2D eigenvalue weighted by molar-refractivity contribution is 0.305. The lowest BCUT2D eigenvalue weighted by Gasteiger charge is -2.22. The summed E-state index contributed by atoms with van der Waals surface area (Å²) in [4.78, 5) is 1.21. The van der Waals surface area contributed by atoms with Crippen LogP contribution in [-0.4, -0.2) is 16.8 Å². The molecule has 0 fully saturated rings. The highest BCUT2D eigenvalue weighted by atomic mass is 35.5. The lowest BCUT2D eigenvalue weighted by Crippen LogP contribution is -2.31. The predicted octanol–water partition coefficient (Wildman–Crippen LogP) is 3.98. The maximum absolute atomic E-state index is 8.68. The number of oxime groups is 1. The van der Waals surface area contributed by atoms with Crippen molar-refractivity contribution < 1.29 is 5.21 Å². The number of hydrogen-bond donors (Lipinski definition) is 2. The van der Waals surface area contributed by atoms with E-state index in [-0.39, 0.29) is 5.41 Å². The van der Waals surface area contributed by atoms with Crippen LogP contribution in [0, 0.1) is 5.41 Å². The van der Waals surface area contributed by atoms with Crippen molar-refractivity contribution >= 4 is 29.2 Å². The molecule has 0 bridgehead atoms. The second kappa shape index (κ2) is 6.90. The van der Waals surface area contributed by atoms with Gasteiger partial charge < -0.3 is 10.9 Å². The maximum atomic E-state index is 8.68. The molecule has 0 heterocycles. The van der Waals surface area contributed by atoms with Gasteiger partial charge >= 0.3 is 0 Å². The van der Waals surface area contributed by atoms with Gasteiger partial charge in [-0.3, -0.25) is 0 Å². The molecule has 1 aromatic rings. The molecule has 0 radical (unpaired) electrons. The van der Waals surface area contributed by atoms with E-state index in [2.05, 4.69) is 5.16 Å². The molecule has 0 aliphatic heterocycles. The number of halogens is 1. The van der Waals surface area contributed by atoms with E-state index in [0.29, 0.717) is 5.84 Å². The smallest absolute Gasteiger partial charge is 0.144 e. The predicted molar refractivity (Wildman–Crippen MR) is 78.6 cm³/mol. The Hall–Kier alpha value is -0.870. The second-order valence-electron chi connectivity index (χ2n) is 4.78. The molecule has 0 saturated heterocycles. The zero-order chi connectivity index (χ0) is 13.6. The average Bonchev–Trinajstić information content (AvgIpc) is 2.35. The number of benzene rings is 1. The molecule has 3 nitrogen and oxygen atoms in total. The standard InChI is InChI=1S/C13H19ClN2OS/c1-13(2,12(15)16-17)8-3-9-18-11-6-4-10(14)5-7-11/h4-7,17H,3,8-9H2,1-2H3,(H2,15,16). The number of rotatable bonds is 6. The highest BCUT2D eigenvalue weighted by molar-refractivity contribution is 7.99. The minimum absolute atomic E-state index is 0.255. The molecule has 0 aliphatic carbocycles. The van der Waals surface area contributed by atoms with Crippen LogP contribution in [0.4, 0.5) is 0 Å². The van der Waals surface area contributed by atoms with Gasteiger partial charge in [-0.1, -0.05) is 30.6 Å². The average molecular weight is 287 g/mol. The Morgan fingerprint density at radius 3 is 2.56 bits per heavy atom. The summed E-state index contributed by atoms with van der Waals surface area (Å²) in [7, 11) is 0. The minimum atomic E-state index is -0.255. The Bertz CT molecular complexity index is 404. The Morgan fingerprint density at radius 2 is 2.00 bits per heavy atom. The molecule has 0 saturated carbocycles. The largest absolute Gasteiger partial charge is 0.409 e. The molecule has 0 aromatic heterocycles. The fourth-order valence-corrected chi connectivity index (χ4v) is 2.48. The quantitative estimate of drug-likeness (QED) is 0.208. The Labute approximate surface area is 117 Å². The zero-order valence-corrected chi connectivity index (χ0v) is 12.3. The maximum Gasteiger partial charge on any atom is 0.144 e. The SMILES string of the molecule is CC(C)(CCCSc1ccc(Cl)cc1)C(N)=NO. The molecule has 0 unspecified atom stereocenters. The van der Waals surface area contributed by atoms with Crippen LogP contribution in [-0.2, 0) is 0 Å². The Balaban J connectivity index is 2.33. The van der Waals surface area contributed by atoms with Gasteiger partial charge in [-0.05, 0) is 42.9 Å². The van der Waals surface area contributed by atoms with Gasteiger partial charge in [0.05, 0.1) is 0 Å². The van der Waals surface area contributed by atoms with E-state index in [1.165, 1.54) is 4.90 Å². The van der Waals surface area contributed by atoms with Crippen molar-refractivity contribution in [2.45, 2.75) is 31.6 Å². The van der Waals surface area contributed by atoms with E-state index in [0.717, 1.165) is 23.6 Å². The molecule has 100 valence electrons. The molecule has 0 amide bonds. The number of thioether (sulfide) groups is 1. The summed E-state index contributed by atoms with van der Waals surface area (Å²) in [6.45, 7) is 3.96. The van der Waals surface area contributed by atoms with Crippen LogP contribution in [0.1, 0.15) is 26.7 Å². The number of nitrogens with two attached hydrogens (primary N) is 1. The number of hydrogen-bond acceptors (Lipinski definition) is 3. The van der Waals surface area contributed by atoms with Gasteiger partial charge in [0, 0.05) is 15.3 Å². The first-order valence-corrected chi connectivity index (χ1v) is 7.18. The number of amidine groups is 1. The molecule has 1 rings (SSSR count). The van der Waals surface area contributed by atoms with Gasteiger partial charge in [0.25, 0.3) is 0 Å². The molecule has 0 aliphatic rings. The zero-order valence-electron chi connectivity index (χ0n) is 10.7. The van der Waals surface area contributed by atoms with E-state index in [9.17, 15) is 0 Å².